The molecule has 200 valence electrons. The third kappa shape index (κ3) is 6.01. The Morgan fingerprint density at radius 1 is 1.00 bits per heavy atom. The van der Waals surface area contributed by atoms with Crippen molar-refractivity contribution >= 4 is 11.9 Å². The number of carbonyl (C=O) groups is 2. The second kappa shape index (κ2) is 12.3. The van der Waals surface area contributed by atoms with Gasteiger partial charge in [0.1, 0.15) is 5.75 Å². The summed E-state index contributed by atoms with van der Waals surface area (Å²) in [7, 11) is 1.60. The van der Waals surface area contributed by atoms with E-state index in [1.165, 1.54) is 0 Å². The van der Waals surface area contributed by atoms with E-state index in [9.17, 15) is 14.7 Å². The highest BCUT2D eigenvalue weighted by molar-refractivity contribution is 5.79. The zero-order valence-corrected chi connectivity index (χ0v) is 22.0. The van der Waals surface area contributed by atoms with E-state index in [-0.39, 0.29) is 25.2 Å². The van der Waals surface area contributed by atoms with E-state index in [1.807, 2.05) is 52.3 Å². The number of carboxylic acid groups (broad SMARTS) is 1. The molecule has 0 aliphatic carbocycles. The van der Waals surface area contributed by atoms with Crippen LogP contribution >= 0.6 is 0 Å². The Hall–Kier alpha value is -3.26. The van der Waals surface area contributed by atoms with Crippen LogP contribution in [0.3, 0.4) is 0 Å². The molecule has 1 amide bonds. The summed E-state index contributed by atoms with van der Waals surface area (Å²) < 4.78 is 16.3. The van der Waals surface area contributed by atoms with E-state index in [0.29, 0.717) is 23.8 Å². The lowest BCUT2D eigenvalue weighted by molar-refractivity contribution is -0.144. The van der Waals surface area contributed by atoms with Crippen molar-refractivity contribution in [2.45, 2.75) is 51.5 Å². The summed E-state index contributed by atoms with van der Waals surface area (Å²) >= 11 is 0. The lowest BCUT2D eigenvalue weighted by atomic mass is 9.82. The average Bonchev–Trinajstić information content (AvgIpc) is 3.53. The molecule has 2 aliphatic rings. The predicted molar refractivity (Wildman–Crippen MR) is 140 cm³/mol. The van der Waals surface area contributed by atoms with Crippen LogP contribution in [0.1, 0.15) is 62.6 Å². The first-order valence-electron chi connectivity index (χ1n) is 13.2. The van der Waals surface area contributed by atoms with Crippen molar-refractivity contribution in [1.29, 1.82) is 0 Å². The molecule has 2 aromatic carbocycles. The molecule has 1 fully saturated rings. The van der Waals surface area contributed by atoms with Crippen LogP contribution < -0.4 is 14.2 Å². The molecular weight excluding hydrogens is 472 g/mol. The molecule has 1 N–H and O–H groups in total. The first-order valence-corrected chi connectivity index (χ1v) is 13.2. The van der Waals surface area contributed by atoms with E-state index >= 15 is 0 Å². The highest BCUT2D eigenvalue weighted by atomic mass is 16.7. The normalized spacial score (nSPS) is 20.7. The largest absolute Gasteiger partial charge is 0.497 e. The molecule has 0 radical (unpaired) electrons. The first kappa shape index (κ1) is 26.8. The number of carbonyl (C=O) groups excluding carboxylic acids is 1. The smallest absolute Gasteiger partial charge is 0.309 e. The second-order valence-electron chi connectivity index (χ2n) is 9.82. The van der Waals surface area contributed by atoms with Crippen LogP contribution in [0.5, 0.6) is 17.2 Å². The van der Waals surface area contributed by atoms with Crippen molar-refractivity contribution in [3.8, 4) is 17.2 Å². The van der Waals surface area contributed by atoms with Gasteiger partial charge >= 0.3 is 5.97 Å². The number of hydrogen-bond acceptors (Lipinski definition) is 6. The average molecular weight is 511 g/mol. The van der Waals surface area contributed by atoms with Crippen LogP contribution in [0.4, 0.5) is 0 Å². The summed E-state index contributed by atoms with van der Waals surface area (Å²) in [6.07, 6.45) is 3.94. The number of ether oxygens (including phenoxy) is 3. The Bertz CT molecular complexity index is 1060. The van der Waals surface area contributed by atoms with Crippen LogP contribution in [0.25, 0.3) is 0 Å². The molecule has 8 nitrogen and oxygen atoms in total. The van der Waals surface area contributed by atoms with Crippen LogP contribution in [0.15, 0.2) is 42.5 Å². The fourth-order valence-corrected chi connectivity index (χ4v) is 5.41. The van der Waals surface area contributed by atoms with Gasteiger partial charge in [0, 0.05) is 31.6 Å². The molecule has 0 saturated carbocycles. The summed E-state index contributed by atoms with van der Waals surface area (Å²) in [5.41, 5.74) is 1.73. The SMILES string of the molecule is CCCCN(CCCC)C(=O)CN1C[C@H](c2ccc3c(c2)OCO3)[C@H](C(=O)O)[C@H]1c1ccc(OC)cc1. The molecular formula is C29H38N2O6. The standard InChI is InChI=1S/C29H38N2O6/c1-4-6-14-30(15-7-5-2)26(32)18-31-17-23(21-10-13-24-25(16-21)37-19-36-24)27(29(33)34)28(31)20-8-11-22(35-3)12-9-20/h8-13,16,23,27-28H,4-7,14-15,17-19H2,1-3H3,(H,33,34)/t23-,27+,28-/m1/s1. The van der Waals surface area contributed by atoms with E-state index < -0.39 is 17.9 Å². The molecule has 8 heteroatoms. The number of amides is 1. The Morgan fingerprint density at radius 3 is 2.27 bits per heavy atom. The predicted octanol–water partition coefficient (Wildman–Crippen LogP) is 4.69. The lowest BCUT2D eigenvalue weighted by Crippen LogP contribution is -2.42. The number of methoxy groups -OCH3 is 1. The number of likely N-dealkylation sites (tertiary alicyclic amines) is 1. The van der Waals surface area contributed by atoms with Crippen molar-refractivity contribution < 1.29 is 28.9 Å². The fourth-order valence-electron chi connectivity index (χ4n) is 5.41. The van der Waals surface area contributed by atoms with Gasteiger partial charge in [-0.25, -0.2) is 0 Å². The van der Waals surface area contributed by atoms with Gasteiger partial charge in [0.05, 0.1) is 19.6 Å². The van der Waals surface area contributed by atoms with Crippen LogP contribution in [-0.2, 0) is 9.59 Å². The maximum atomic E-state index is 13.5. The summed E-state index contributed by atoms with van der Waals surface area (Å²) in [5, 5.41) is 10.5. The van der Waals surface area contributed by atoms with Crippen LogP contribution in [-0.4, -0.2) is 66.9 Å². The van der Waals surface area contributed by atoms with E-state index in [4.69, 9.17) is 14.2 Å². The third-order valence-corrected chi connectivity index (χ3v) is 7.42. The number of aliphatic carboxylic acids is 1. The van der Waals surface area contributed by atoms with Gasteiger partial charge in [0.15, 0.2) is 11.5 Å². The molecule has 0 bridgehead atoms. The summed E-state index contributed by atoms with van der Waals surface area (Å²) in [6.45, 7) is 6.48. The molecule has 0 spiro atoms. The van der Waals surface area contributed by atoms with Crippen molar-refractivity contribution in [2.75, 3.05) is 40.1 Å². The third-order valence-electron chi connectivity index (χ3n) is 7.42. The molecule has 0 aromatic heterocycles. The molecule has 0 unspecified atom stereocenters. The molecule has 2 heterocycles. The molecule has 37 heavy (non-hydrogen) atoms. The summed E-state index contributed by atoms with van der Waals surface area (Å²) in [4.78, 5) is 30.3. The number of fused-ring (bicyclic) bond motifs is 1. The van der Waals surface area contributed by atoms with Crippen molar-refractivity contribution in [1.82, 2.24) is 9.80 Å². The quantitative estimate of drug-likeness (QED) is 0.443. The second-order valence-corrected chi connectivity index (χ2v) is 9.82. The molecule has 2 aromatic rings. The lowest BCUT2D eigenvalue weighted by Gasteiger charge is -2.30. The highest BCUT2D eigenvalue weighted by Gasteiger charge is 2.48. The molecule has 2 aliphatic heterocycles. The van der Waals surface area contributed by atoms with E-state index in [0.717, 1.165) is 49.9 Å². The van der Waals surface area contributed by atoms with Crippen molar-refractivity contribution in [3.05, 3.63) is 53.6 Å². The van der Waals surface area contributed by atoms with E-state index in [2.05, 4.69) is 13.8 Å². The van der Waals surface area contributed by atoms with Gasteiger partial charge in [0.25, 0.3) is 0 Å². The molecule has 3 atom stereocenters. The maximum absolute atomic E-state index is 13.5. The number of nitrogens with zero attached hydrogens (tertiary/aromatic N) is 2. The summed E-state index contributed by atoms with van der Waals surface area (Å²) in [5.74, 6) is 0.113. The Labute approximate surface area is 219 Å². The van der Waals surface area contributed by atoms with Crippen LogP contribution in [0, 0.1) is 5.92 Å². The summed E-state index contributed by atoms with van der Waals surface area (Å²) in [6, 6.07) is 12.7. The molecule has 4 rings (SSSR count). The van der Waals surface area contributed by atoms with Gasteiger partial charge in [0.2, 0.25) is 12.7 Å². The van der Waals surface area contributed by atoms with Gasteiger partial charge in [-0.1, -0.05) is 44.9 Å². The Morgan fingerprint density at radius 2 is 1.65 bits per heavy atom. The van der Waals surface area contributed by atoms with Gasteiger partial charge in [-0.3, -0.25) is 14.5 Å². The minimum atomic E-state index is -0.882. The minimum Gasteiger partial charge on any atom is -0.497 e. The number of hydrogen-bond donors (Lipinski definition) is 1. The molecule has 1 saturated heterocycles. The highest BCUT2D eigenvalue weighted by Crippen LogP contribution is 2.47. The van der Waals surface area contributed by atoms with E-state index in [1.54, 1.807) is 7.11 Å². The van der Waals surface area contributed by atoms with Gasteiger partial charge < -0.3 is 24.2 Å². The number of benzene rings is 2. The van der Waals surface area contributed by atoms with Crippen molar-refractivity contribution in [2.24, 2.45) is 5.92 Å². The van der Waals surface area contributed by atoms with Gasteiger partial charge in [-0.2, -0.15) is 0 Å². The number of carboxylic acids is 1. The number of rotatable bonds is 12. The van der Waals surface area contributed by atoms with Crippen molar-refractivity contribution in [3.63, 3.8) is 0 Å². The van der Waals surface area contributed by atoms with Crippen LogP contribution in [0.2, 0.25) is 0 Å². The monoisotopic (exact) mass is 510 g/mol. The maximum Gasteiger partial charge on any atom is 0.309 e. The van der Waals surface area contributed by atoms with Gasteiger partial charge in [-0.05, 0) is 48.2 Å². The fraction of sp³-hybridized carbons (Fsp3) is 0.517. The topological polar surface area (TPSA) is 88.5 Å². The number of unbranched alkanes of at least 4 members (excludes halogenated alkanes) is 2. The zero-order valence-electron chi connectivity index (χ0n) is 22.0. The van der Waals surface area contributed by atoms with Gasteiger partial charge in [-0.15, -0.1) is 0 Å². The Balaban J connectivity index is 1.67. The zero-order chi connectivity index (χ0) is 26.4. The minimum absolute atomic E-state index is 0.0517. The first-order chi connectivity index (χ1) is 18.0. The Kier molecular flexibility index (Phi) is 8.92.